The van der Waals surface area contributed by atoms with Gasteiger partial charge in [-0.1, -0.05) is 35.9 Å². The summed E-state index contributed by atoms with van der Waals surface area (Å²) in [6.07, 6.45) is 0.593. The zero-order valence-corrected chi connectivity index (χ0v) is 16.1. The molecule has 27 heavy (non-hydrogen) atoms. The van der Waals surface area contributed by atoms with Crippen LogP contribution in [0.15, 0.2) is 53.9 Å². The van der Waals surface area contributed by atoms with Crippen molar-refractivity contribution in [2.45, 2.75) is 6.42 Å². The fraction of sp³-hybridized carbons (Fsp3) is 0.150. The summed E-state index contributed by atoms with van der Waals surface area (Å²) < 4.78 is 4.72. The molecule has 5 nitrogen and oxygen atoms in total. The maximum absolute atomic E-state index is 12.4. The third-order valence-electron chi connectivity index (χ3n) is 3.89. The van der Waals surface area contributed by atoms with E-state index in [1.807, 2.05) is 29.6 Å². The molecule has 0 bridgehead atoms. The highest BCUT2D eigenvalue weighted by atomic mass is 35.5. The summed E-state index contributed by atoms with van der Waals surface area (Å²) in [5.41, 5.74) is 2.44. The van der Waals surface area contributed by atoms with Gasteiger partial charge in [0.15, 0.2) is 0 Å². The number of esters is 1. The molecule has 0 fully saturated rings. The Morgan fingerprint density at radius 2 is 1.81 bits per heavy atom. The number of methoxy groups -OCH3 is 1. The third-order valence-corrected chi connectivity index (χ3v) is 5.08. The molecule has 3 rings (SSSR count). The largest absolute Gasteiger partial charge is 0.465 e. The van der Waals surface area contributed by atoms with Crippen LogP contribution in [0.3, 0.4) is 0 Å². The molecule has 0 aliphatic carbocycles. The molecule has 7 heteroatoms. The van der Waals surface area contributed by atoms with Gasteiger partial charge in [0, 0.05) is 28.9 Å². The summed E-state index contributed by atoms with van der Waals surface area (Å²) in [7, 11) is 1.29. The van der Waals surface area contributed by atoms with Gasteiger partial charge in [0.1, 0.15) is 5.01 Å². The molecule has 0 saturated heterocycles. The third kappa shape index (κ3) is 4.72. The number of thiazole rings is 1. The van der Waals surface area contributed by atoms with Crippen LogP contribution in [0.1, 0.15) is 26.4 Å². The number of halogens is 1. The van der Waals surface area contributed by atoms with Gasteiger partial charge in [-0.3, -0.25) is 4.79 Å². The molecule has 0 radical (unpaired) electrons. The van der Waals surface area contributed by atoms with E-state index < -0.39 is 5.97 Å². The van der Waals surface area contributed by atoms with Gasteiger partial charge < -0.3 is 10.1 Å². The van der Waals surface area contributed by atoms with Crippen molar-refractivity contribution in [1.82, 2.24) is 10.3 Å². The van der Waals surface area contributed by atoms with Crippen LogP contribution in [0.2, 0.25) is 5.02 Å². The SMILES string of the molecule is COC(=O)c1ccccc1C(=O)NCCc1csc(-c2ccc(Cl)cc2)n1. The highest BCUT2D eigenvalue weighted by molar-refractivity contribution is 7.13. The minimum Gasteiger partial charge on any atom is -0.465 e. The second-order valence-corrected chi connectivity index (χ2v) is 6.99. The van der Waals surface area contributed by atoms with Gasteiger partial charge in [0.2, 0.25) is 0 Å². The number of hydrogen-bond donors (Lipinski definition) is 1. The first-order chi connectivity index (χ1) is 13.1. The van der Waals surface area contributed by atoms with Gasteiger partial charge in [0.05, 0.1) is 23.9 Å². The van der Waals surface area contributed by atoms with Crippen molar-refractivity contribution in [3.05, 3.63) is 75.8 Å². The second kappa shape index (κ2) is 8.79. The summed E-state index contributed by atoms with van der Waals surface area (Å²) in [6.45, 7) is 0.415. The molecule has 1 amide bonds. The van der Waals surface area contributed by atoms with Crippen LogP contribution in [0.4, 0.5) is 0 Å². The van der Waals surface area contributed by atoms with Crippen LogP contribution in [-0.4, -0.2) is 30.5 Å². The number of benzene rings is 2. The molecule has 138 valence electrons. The Morgan fingerprint density at radius 1 is 1.11 bits per heavy atom. The van der Waals surface area contributed by atoms with E-state index in [0.717, 1.165) is 16.3 Å². The second-order valence-electron chi connectivity index (χ2n) is 5.69. The molecule has 2 aromatic carbocycles. The van der Waals surface area contributed by atoms with Crippen molar-refractivity contribution in [3.63, 3.8) is 0 Å². The van der Waals surface area contributed by atoms with Crippen LogP contribution < -0.4 is 5.32 Å². The fourth-order valence-corrected chi connectivity index (χ4v) is 3.50. The average molecular weight is 401 g/mol. The smallest absolute Gasteiger partial charge is 0.338 e. The van der Waals surface area contributed by atoms with Gasteiger partial charge in [-0.25, -0.2) is 9.78 Å². The Hall–Kier alpha value is -2.70. The Bertz CT molecular complexity index is 954. The Morgan fingerprint density at radius 3 is 2.52 bits per heavy atom. The molecule has 0 saturated carbocycles. The number of carbonyl (C=O) groups excluding carboxylic acids is 2. The number of nitrogens with one attached hydrogen (secondary N) is 1. The van der Waals surface area contributed by atoms with Crippen LogP contribution in [-0.2, 0) is 11.2 Å². The lowest BCUT2D eigenvalue weighted by Gasteiger charge is -2.08. The number of rotatable bonds is 6. The average Bonchev–Trinajstić information content (AvgIpc) is 3.16. The van der Waals surface area contributed by atoms with Crippen molar-refractivity contribution in [2.24, 2.45) is 0 Å². The highest BCUT2D eigenvalue weighted by Gasteiger charge is 2.16. The summed E-state index contributed by atoms with van der Waals surface area (Å²) in [5.74, 6) is -0.850. The van der Waals surface area contributed by atoms with Crippen molar-refractivity contribution < 1.29 is 14.3 Å². The lowest BCUT2D eigenvalue weighted by molar-refractivity contribution is 0.0596. The lowest BCUT2D eigenvalue weighted by atomic mass is 10.1. The standard InChI is InChI=1S/C20H17ClN2O3S/c1-26-20(25)17-5-3-2-4-16(17)18(24)22-11-10-15-12-27-19(23-15)13-6-8-14(21)9-7-13/h2-9,12H,10-11H2,1H3,(H,22,24). The molecule has 1 N–H and O–H groups in total. The number of hydrogen-bond acceptors (Lipinski definition) is 5. The summed E-state index contributed by atoms with van der Waals surface area (Å²) in [4.78, 5) is 28.7. The number of ether oxygens (including phenoxy) is 1. The number of carbonyl (C=O) groups is 2. The Kier molecular flexibility index (Phi) is 6.21. The quantitative estimate of drug-likeness (QED) is 0.629. The summed E-state index contributed by atoms with van der Waals surface area (Å²) >= 11 is 7.45. The van der Waals surface area contributed by atoms with Crippen LogP contribution in [0, 0.1) is 0 Å². The number of nitrogens with zero attached hydrogens (tertiary/aromatic N) is 1. The molecule has 0 aliphatic heterocycles. The highest BCUT2D eigenvalue weighted by Crippen LogP contribution is 2.25. The Labute approximate surface area is 166 Å². The first kappa shape index (κ1) is 19.1. The summed E-state index contributed by atoms with van der Waals surface area (Å²) in [6, 6.07) is 14.1. The van der Waals surface area contributed by atoms with E-state index >= 15 is 0 Å². The zero-order chi connectivity index (χ0) is 19.2. The van der Waals surface area contributed by atoms with E-state index in [-0.39, 0.29) is 11.5 Å². The van der Waals surface area contributed by atoms with Crippen molar-refractivity contribution in [1.29, 1.82) is 0 Å². The van der Waals surface area contributed by atoms with Crippen molar-refractivity contribution in [2.75, 3.05) is 13.7 Å². The molecule has 0 unspecified atom stereocenters. The normalized spacial score (nSPS) is 10.4. The first-order valence-corrected chi connectivity index (χ1v) is 9.50. The van der Waals surface area contributed by atoms with E-state index in [1.54, 1.807) is 35.6 Å². The van der Waals surface area contributed by atoms with E-state index in [2.05, 4.69) is 10.3 Å². The molecular weight excluding hydrogens is 384 g/mol. The topological polar surface area (TPSA) is 68.3 Å². The van der Waals surface area contributed by atoms with Crippen molar-refractivity contribution in [3.8, 4) is 10.6 Å². The van der Waals surface area contributed by atoms with E-state index in [4.69, 9.17) is 16.3 Å². The van der Waals surface area contributed by atoms with Crippen LogP contribution >= 0.6 is 22.9 Å². The van der Waals surface area contributed by atoms with Crippen LogP contribution in [0.25, 0.3) is 10.6 Å². The zero-order valence-electron chi connectivity index (χ0n) is 14.6. The van der Waals surface area contributed by atoms with Crippen molar-refractivity contribution >= 4 is 34.8 Å². The predicted octanol–water partition coefficient (Wildman–Crippen LogP) is 4.22. The van der Waals surface area contributed by atoms with E-state index in [1.165, 1.54) is 7.11 Å². The molecule has 0 aliphatic rings. The van der Waals surface area contributed by atoms with Gasteiger partial charge >= 0.3 is 5.97 Å². The maximum atomic E-state index is 12.4. The monoisotopic (exact) mass is 400 g/mol. The summed E-state index contributed by atoms with van der Waals surface area (Å²) in [5, 5.41) is 6.39. The maximum Gasteiger partial charge on any atom is 0.338 e. The molecule has 0 spiro atoms. The molecule has 0 atom stereocenters. The molecule has 3 aromatic rings. The van der Waals surface area contributed by atoms with Crippen LogP contribution in [0.5, 0.6) is 0 Å². The minimum absolute atomic E-state index is 0.246. The van der Waals surface area contributed by atoms with Gasteiger partial charge in [-0.05, 0) is 24.3 Å². The number of aromatic nitrogens is 1. The lowest BCUT2D eigenvalue weighted by Crippen LogP contribution is -2.27. The fourth-order valence-electron chi connectivity index (χ4n) is 2.52. The van der Waals surface area contributed by atoms with Gasteiger partial charge in [-0.15, -0.1) is 11.3 Å². The predicted molar refractivity (Wildman–Crippen MR) is 106 cm³/mol. The van der Waals surface area contributed by atoms with E-state index in [9.17, 15) is 9.59 Å². The minimum atomic E-state index is -0.534. The van der Waals surface area contributed by atoms with Gasteiger partial charge in [0.25, 0.3) is 5.91 Å². The van der Waals surface area contributed by atoms with Gasteiger partial charge in [-0.2, -0.15) is 0 Å². The molecular formula is C20H17ClN2O3S. The Balaban J connectivity index is 1.60. The number of amides is 1. The van der Waals surface area contributed by atoms with E-state index in [0.29, 0.717) is 23.6 Å². The first-order valence-electron chi connectivity index (χ1n) is 8.24. The molecule has 1 aromatic heterocycles. The molecule has 1 heterocycles.